The Morgan fingerprint density at radius 2 is 2.06 bits per heavy atom. The van der Waals surface area contributed by atoms with Crippen LogP contribution in [0.2, 0.25) is 0 Å². The fourth-order valence-corrected chi connectivity index (χ4v) is 3.29. The summed E-state index contributed by atoms with van der Waals surface area (Å²) < 4.78 is 0.920. The Morgan fingerprint density at radius 3 is 2.61 bits per heavy atom. The van der Waals surface area contributed by atoms with Crippen LogP contribution in [0, 0.1) is 12.8 Å². The molecule has 1 saturated carbocycles. The lowest BCUT2D eigenvalue weighted by atomic mass is 9.88. The molecular formula is C14H16BrNO2. The average molecular weight is 310 g/mol. The molecule has 2 aliphatic rings. The van der Waals surface area contributed by atoms with E-state index in [0.717, 1.165) is 22.9 Å². The van der Waals surface area contributed by atoms with Crippen molar-refractivity contribution in [3.63, 3.8) is 0 Å². The van der Waals surface area contributed by atoms with Gasteiger partial charge < -0.3 is 10.0 Å². The number of nitrogens with zero attached hydrogens (tertiary/aromatic N) is 1. The van der Waals surface area contributed by atoms with Gasteiger partial charge in [0.2, 0.25) is 0 Å². The maximum Gasteiger partial charge on any atom is 0.254 e. The number of aryl methyl sites for hydroxylation is 1. The van der Waals surface area contributed by atoms with Crippen molar-refractivity contribution < 1.29 is 9.90 Å². The fraction of sp³-hybridized carbons (Fsp3) is 0.500. The Hall–Kier alpha value is -0.870. The maximum absolute atomic E-state index is 12.3. The van der Waals surface area contributed by atoms with E-state index in [9.17, 15) is 9.90 Å². The van der Waals surface area contributed by atoms with Gasteiger partial charge in [0.1, 0.15) is 5.60 Å². The van der Waals surface area contributed by atoms with E-state index in [0.29, 0.717) is 24.6 Å². The third kappa shape index (κ3) is 2.08. The molecule has 4 heteroatoms. The second kappa shape index (κ2) is 4.07. The van der Waals surface area contributed by atoms with Crippen LogP contribution in [-0.2, 0) is 0 Å². The number of hydrogen-bond donors (Lipinski definition) is 1. The van der Waals surface area contributed by atoms with E-state index in [2.05, 4.69) is 15.9 Å². The van der Waals surface area contributed by atoms with Gasteiger partial charge >= 0.3 is 0 Å². The minimum atomic E-state index is -0.600. The number of amides is 1. The molecule has 2 fully saturated rings. The van der Waals surface area contributed by atoms with Gasteiger partial charge in [-0.05, 0) is 49.4 Å². The van der Waals surface area contributed by atoms with Crippen molar-refractivity contribution in [2.24, 2.45) is 5.92 Å². The van der Waals surface area contributed by atoms with E-state index in [1.54, 1.807) is 4.90 Å². The Balaban J connectivity index is 1.72. The molecule has 0 radical (unpaired) electrons. The highest BCUT2D eigenvalue weighted by molar-refractivity contribution is 9.10. The minimum absolute atomic E-state index is 0.0183. The van der Waals surface area contributed by atoms with Gasteiger partial charge in [0.05, 0.1) is 13.1 Å². The number of carbonyl (C=O) groups is 1. The molecule has 0 unspecified atom stereocenters. The molecule has 1 amide bonds. The number of aliphatic hydroxyl groups is 1. The molecule has 0 bridgehead atoms. The predicted molar refractivity (Wildman–Crippen MR) is 72.5 cm³/mol. The zero-order valence-electron chi connectivity index (χ0n) is 10.3. The van der Waals surface area contributed by atoms with Crippen molar-refractivity contribution in [1.82, 2.24) is 4.90 Å². The zero-order chi connectivity index (χ0) is 12.9. The first-order chi connectivity index (χ1) is 8.48. The normalized spacial score (nSPS) is 21.6. The highest BCUT2D eigenvalue weighted by Gasteiger charge is 2.53. The van der Waals surface area contributed by atoms with Gasteiger partial charge in [-0.2, -0.15) is 0 Å². The van der Waals surface area contributed by atoms with E-state index in [1.807, 2.05) is 25.1 Å². The Labute approximate surface area is 115 Å². The second-order valence-electron chi connectivity index (χ2n) is 5.56. The van der Waals surface area contributed by atoms with Crippen molar-refractivity contribution in [2.75, 3.05) is 13.1 Å². The van der Waals surface area contributed by atoms with E-state index >= 15 is 0 Å². The molecule has 3 rings (SSSR count). The summed E-state index contributed by atoms with van der Waals surface area (Å²) in [5.74, 6) is 0.440. The molecule has 1 aromatic rings. The number of likely N-dealkylation sites (tertiary alicyclic amines) is 1. The lowest BCUT2D eigenvalue weighted by Gasteiger charge is -2.47. The summed E-state index contributed by atoms with van der Waals surface area (Å²) in [7, 11) is 0. The second-order valence-corrected chi connectivity index (χ2v) is 6.47. The molecule has 0 aromatic heterocycles. The highest BCUT2D eigenvalue weighted by atomic mass is 79.9. The molecule has 1 aliphatic carbocycles. The number of halogens is 1. The van der Waals surface area contributed by atoms with Gasteiger partial charge in [0, 0.05) is 10.0 Å². The summed E-state index contributed by atoms with van der Waals surface area (Å²) in [5.41, 5.74) is 1.15. The van der Waals surface area contributed by atoms with Crippen LogP contribution in [0.4, 0.5) is 0 Å². The molecule has 1 saturated heterocycles. The molecule has 1 aromatic carbocycles. The van der Waals surface area contributed by atoms with Crippen molar-refractivity contribution in [2.45, 2.75) is 25.4 Å². The summed E-state index contributed by atoms with van der Waals surface area (Å²) >= 11 is 3.41. The van der Waals surface area contributed by atoms with Gasteiger partial charge in [-0.1, -0.05) is 15.9 Å². The van der Waals surface area contributed by atoms with Crippen molar-refractivity contribution >= 4 is 21.8 Å². The van der Waals surface area contributed by atoms with Gasteiger partial charge in [-0.3, -0.25) is 4.79 Å². The van der Waals surface area contributed by atoms with Crippen LogP contribution in [0.3, 0.4) is 0 Å². The molecule has 1 heterocycles. The summed E-state index contributed by atoms with van der Waals surface area (Å²) in [6, 6.07) is 5.71. The fourth-order valence-electron chi connectivity index (χ4n) is 2.68. The lowest BCUT2D eigenvalue weighted by molar-refractivity contribution is -0.0958. The summed E-state index contributed by atoms with van der Waals surface area (Å²) in [6.45, 7) is 2.95. The zero-order valence-corrected chi connectivity index (χ0v) is 11.9. The first-order valence-corrected chi connectivity index (χ1v) is 7.06. The Bertz CT molecular complexity index is 484. The molecule has 1 N–H and O–H groups in total. The molecule has 0 spiro atoms. The Morgan fingerprint density at radius 1 is 1.39 bits per heavy atom. The number of β-amino-alcohol motifs (C(OH)–C–C–N with tert-alkyl or cyclic N) is 1. The summed E-state index contributed by atoms with van der Waals surface area (Å²) in [6.07, 6.45) is 2.21. The van der Waals surface area contributed by atoms with E-state index in [-0.39, 0.29) is 5.91 Å². The van der Waals surface area contributed by atoms with E-state index in [1.165, 1.54) is 0 Å². The van der Waals surface area contributed by atoms with E-state index < -0.39 is 5.60 Å². The molecule has 0 atom stereocenters. The summed E-state index contributed by atoms with van der Waals surface area (Å²) in [5, 5.41) is 10.2. The van der Waals surface area contributed by atoms with Gasteiger partial charge in [-0.15, -0.1) is 0 Å². The molecule has 3 nitrogen and oxygen atoms in total. The molecular weight excluding hydrogens is 294 g/mol. The van der Waals surface area contributed by atoms with Crippen molar-refractivity contribution in [3.8, 4) is 0 Å². The standard InChI is InChI=1S/C14H16BrNO2/c1-9-4-10(6-12(15)5-9)13(17)16-7-14(18,8-16)11-2-3-11/h4-6,11,18H,2-3,7-8H2,1H3. The van der Waals surface area contributed by atoms with Crippen LogP contribution >= 0.6 is 15.9 Å². The van der Waals surface area contributed by atoms with Gasteiger partial charge in [0.15, 0.2) is 0 Å². The predicted octanol–water partition coefficient (Wildman–Crippen LogP) is 2.35. The first kappa shape index (κ1) is 12.2. The largest absolute Gasteiger partial charge is 0.386 e. The van der Waals surface area contributed by atoms with Gasteiger partial charge in [0.25, 0.3) is 5.91 Å². The molecule has 1 aliphatic heterocycles. The smallest absolute Gasteiger partial charge is 0.254 e. The monoisotopic (exact) mass is 309 g/mol. The topological polar surface area (TPSA) is 40.5 Å². The third-order valence-electron chi connectivity index (χ3n) is 3.84. The SMILES string of the molecule is Cc1cc(Br)cc(C(=O)N2CC(O)(C3CC3)C2)c1. The van der Waals surface area contributed by atoms with Crippen LogP contribution in [0.15, 0.2) is 22.7 Å². The third-order valence-corrected chi connectivity index (χ3v) is 4.30. The number of rotatable bonds is 2. The number of benzene rings is 1. The first-order valence-electron chi connectivity index (χ1n) is 6.27. The van der Waals surface area contributed by atoms with Crippen LogP contribution in [-0.4, -0.2) is 34.6 Å². The van der Waals surface area contributed by atoms with Crippen molar-refractivity contribution in [1.29, 1.82) is 0 Å². The van der Waals surface area contributed by atoms with Crippen LogP contribution in [0.5, 0.6) is 0 Å². The van der Waals surface area contributed by atoms with Crippen LogP contribution < -0.4 is 0 Å². The van der Waals surface area contributed by atoms with Crippen LogP contribution in [0.1, 0.15) is 28.8 Å². The highest BCUT2D eigenvalue weighted by Crippen LogP contribution is 2.44. The molecule has 18 heavy (non-hydrogen) atoms. The van der Waals surface area contributed by atoms with E-state index in [4.69, 9.17) is 0 Å². The number of hydrogen-bond acceptors (Lipinski definition) is 2. The molecule has 96 valence electrons. The van der Waals surface area contributed by atoms with Crippen molar-refractivity contribution in [3.05, 3.63) is 33.8 Å². The van der Waals surface area contributed by atoms with Gasteiger partial charge in [-0.25, -0.2) is 0 Å². The Kier molecular flexibility index (Phi) is 2.75. The average Bonchev–Trinajstić information content (AvgIpc) is 3.06. The minimum Gasteiger partial charge on any atom is -0.386 e. The number of carbonyl (C=O) groups excluding carboxylic acids is 1. The quantitative estimate of drug-likeness (QED) is 0.911. The maximum atomic E-state index is 12.3. The summed E-state index contributed by atoms with van der Waals surface area (Å²) in [4.78, 5) is 14.0. The lowest BCUT2D eigenvalue weighted by Crippen LogP contribution is -2.64. The van der Waals surface area contributed by atoms with Crippen LogP contribution in [0.25, 0.3) is 0 Å².